The van der Waals surface area contributed by atoms with E-state index < -0.39 is 11.6 Å². The van der Waals surface area contributed by atoms with Crippen molar-refractivity contribution in [3.63, 3.8) is 0 Å². The zero-order valence-corrected chi connectivity index (χ0v) is 16.1. The molecule has 1 aromatic carbocycles. The lowest BCUT2D eigenvalue weighted by atomic mass is 9.86. The maximum atomic E-state index is 14.0. The lowest BCUT2D eigenvalue weighted by molar-refractivity contribution is -0.193. The quantitative estimate of drug-likeness (QED) is 0.800. The Balaban J connectivity index is 0.00000261. The van der Waals surface area contributed by atoms with Gasteiger partial charge in [0.25, 0.3) is 0 Å². The van der Waals surface area contributed by atoms with Gasteiger partial charge in [-0.1, -0.05) is 35.5 Å². The maximum absolute atomic E-state index is 14.0. The van der Waals surface area contributed by atoms with Crippen LogP contribution in [0.4, 0.5) is 13.2 Å². The van der Waals surface area contributed by atoms with Gasteiger partial charge in [-0.05, 0) is 32.5 Å². The van der Waals surface area contributed by atoms with Crippen molar-refractivity contribution in [2.75, 3.05) is 20.1 Å². The first-order valence-electron chi connectivity index (χ1n) is 8.67. The van der Waals surface area contributed by atoms with Crippen LogP contribution >= 0.6 is 12.4 Å². The molecule has 1 aromatic heterocycles. The molecular weight excluding hydrogens is 381 g/mol. The number of halogens is 4. The number of hydrogen-bond acceptors (Lipinski definition) is 5. The van der Waals surface area contributed by atoms with Gasteiger partial charge in [0.15, 0.2) is 11.2 Å². The van der Waals surface area contributed by atoms with Gasteiger partial charge in [-0.3, -0.25) is 4.90 Å². The summed E-state index contributed by atoms with van der Waals surface area (Å²) in [5.41, 5.74) is -1.12. The van der Waals surface area contributed by atoms with Gasteiger partial charge < -0.3 is 9.84 Å². The van der Waals surface area contributed by atoms with Crippen LogP contribution in [0.15, 0.2) is 34.9 Å². The summed E-state index contributed by atoms with van der Waals surface area (Å²) < 4.78 is 47.0. The molecule has 1 aliphatic heterocycles. The van der Waals surface area contributed by atoms with E-state index in [2.05, 4.69) is 15.5 Å². The highest BCUT2D eigenvalue weighted by molar-refractivity contribution is 5.85. The Morgan fingerprint density at radius 1 is 1.30 bits per heavy atom. The van der Waals surface area contributed by atoms with Crippen molar-refractivity contribution < 1.29 is 17.7 Å². The maximum Gasteiger partial charge on any atom is 0.404 e. The summed E-state index contributed by atoms with van der Waals surface area (Å²) >= 11 is 0. The number of likely N-dealkylation sites (tertiary alicyclic amines) is 1. The van der Waals surface area contributed by atoms with E-state index in [1.165, 1.54) is 0 Å². The summed E-state index contributed by atoms with van der Waals surface area (Å²) in [4.78, 5) is 5.89. The summed E-state index contributed by atoms with van der Waals surface area (Å²) in [5, 5.41) is 6.79. The lowest BCUT2D eigenvalue weighted by Gasteiger charge is -2.28. The molecule has 1 aliphatic rings. The van der Waals surface area contributed by atoms with E-state index in [1.807, 2.05) is 37.3 Å². The number of hydrogen-bond donors (Lipinski definition) is 1. The predicted octanol–water partition coefficient (Wildman–Crippen LogP) is 3.35. The Labute approximate surface area is 162 Å². The minimum atomic E-state index is -4.45. The first-order chi connectivity index (χ1) is 12.3. The molecule has 0 radical (unpaired) electrons. The van der Waals surface area contributed by atoms with Crippen molar-refractivity contribution in [3.8, 4) is 0 Å². The molecular formula is C18H24ClF3N4O. The number of likely N-dealkylation sites (N-methyl/N-ethyl adjacent to an activating group) is 1. The average molecular weight is 405 g/mol. The third-order valence-electron chi connectivity index (χ3n) is 5.00. The van der Waals surface area contributed by atoms with Gasteiger partial charge in [0.2, 0.25) is 5.89 Å². The van der Waals surface area contributed by atoms with Gasteiger partial charge in [-0.2, -0.15) is 18.2 Å². The molecule has 1 fully saturated rings. The first-order valence-corrected chi connectivity index (χ1v) is 8.67. The van der Waals surface area contributed by atoms with Crippen LogP contribution < -0.4 is 5.32 Å². The number of nitrogens with zero attached hydrogens (tertiary/aromatic N) is 3. The minimum absolute atomic E-state index is 0. The van der Waals surface area contributed by atoms with E-state index in [1.54, 1.807) is 11.9 Å². The predicted molar refractivity (Wildman–Crippen MR) is 97.8 cm³/mol. The van der Waals surface area contributed by atoms with Crippen LogP contribution in [-0.2, 0) is 18.4 Å². The summed E-state index contributed by atoms with van der Waals surface area (Å²) in [5.74, 6) is -0.0224. The molecule has 5 nitrogen and oxygen atoms in total. The molecule has 1 N–H and O–H groups in total. The van der Waals surface area contributed by atoms with Gasteiger partial charge in [0.05, 0.1) is 0 Å². The van der Waals surface area contributed by atoms with Crippen molar-refractivity contribution in [2.24, 2.45) is 0 Å². The first kappa shape index (κ1) is 21.7. The third-order valence-corrected chi connectivity index (χ3v) is 5.00. The van der Waals surface area contributed by atoms with E-state index in [-0.39, 0.29) is 37.3 Å². The minimum Gasteiger partial charge on any atom is -0.338 e. The fourth-order valence-corrected chi connectivity index (χ4v) is 3.30. The molecule has 2 atom stereocenters. The zero-order chi connectivity index (χ0) is 18.8. The highest BCUT2D eigenvalue weighted by atomic mass is 35.5. The molecule has 0 spiro atoms. The molecule has 9 heteroatoms. The van der Waals surface area contributed by atoms with Gasteiger partial charge in [-0.15, -0.1) is 12.4 Å². The summed E-state index contributed by atoms with van der Waals surface area (Å²) in [6, 6.07) is 9.54. The largest absolute Gasteiger partial charge is 0.404 e. The topological polar surface area (TPSA) is 54.2 Å². The van der Waals surface area contributed by atoms with Crippen molar-refractivity contribution in [1.82, 2.24) is 20.4 Å². The third kappa shape index (κ3) is 4.62. The van der Waals surface area contributed by atoms with Crippen molar-refractivity contribution in [3.05, 3.63) is 47.6 Å². The van der Waals surface area contributed by atoms with Gasteiger partial charge >= 0.3 is 6.18 Å². The van der Waals surface area contributed by atoms with E-state index in [0.717, 1.165) is 5.56 Å². The van der Waals surface area contributed by atoms with Crippen LogP contribution in [0.1, 0.15) is 30.6 Å². The highest BCUT2D eigenvalue weighted by Crippen LogP contribution is 2.47. The molecule has 2 aromatic rings. The number of rotatable bonds is 6. The molecule has 2 unspecified atom stereocenters. The van der Waals surface area contributed by atoms with Gasteiger partial charge in [-0.25, -0.2) is 0 Å². The Morgan fingerprint density at radius 3 is 2.63 bits per heavy atom. The van der Waals surface area contributed by atoms with Crippen LogP contribution in [-0.4, -0.2) is 47.4 Å². The van der Waals surface area contributed by atoms with Crippen LogP contribution in [0.2, 0.25) is 0 Å². The molecule has 2 heterocycles. The fraction of sp³-hybridized carbons (Fsp3) is 0.556. The molecule has 1 saturated heterocycles. The Bertz CT molecular complexity index is 725. The van der Waals surface area contributed by atoms with Crippen molar-refractivity contribution in [2.45, 2.75) is 43.9 Å². The lowest BCUT2D eigenvalue weighted by Crippen LogP contribution is -2.45. The second kappa shape index (κ2) is 8.58. The van der Waals surface area contributed by atoms with Crippen molar-refractivity contribution in [1.29, 1.82) is 0 Å². The van der Waals surface area contributed by atoms with E-state index in [9.17, 15) is 13.2 Å². The Hall–Kier alpha value is -1.64. The molecule has 150 valence electrons. The highest BCUT2D eigenvalue weighted by Gasteiger charge is 2.62. The second-order valence-corrected chi connectivity index (χ2v) is 6.94. The zero-order valence-electron chi connectivity index (χ0n) is 15.3. The second-order valence-electron chi connectivity index (χ2n) is 6.94. The summed E-state index contributed by atoms with van der Waals surface area (Å²) in [6.45, 7) is 2.54. The SMILES string of the molecule is CNC(C)Cc1noc(C2(C(F)(F)F)CCN(Cc3ccccc3)C2)n1.Cl. The number of alkyl halides is 3. The average Bonchev–Trinajstić information content (AvgIpc) is 3.23. The summed E-state index contributed by atoms with van der Waals surface area (Å²) in [6.07, 6.45) is -4.11. The molecule has 0 bridgehead atoms. The number of benzene rings is 1. The van der Waals surface area contributed by atoms with Gasteiger partial charge in [0.1, 0.15) is 0 Å². The number of aromatic nitrogens is 2. The fourth-order valence-electron chi connectivity index (χ4n) is 3.30. The molecule has 0 aliphatic carbocycles. The van der Waals surface area contributed by atoms with Crippen LogP contribution in [0, 0.1) is 0 Å². The van der Waals surface area contributed by atoms with Crippen LogP contribution in [0.25, 0.3) is 0 Å². The summed E-state index contributed by atoms with van der Waals surface area (Å²) in [7, 11) is 1.78. The van der Waals surface area contributed by atoms with Crippen LogP contribution in [0.5, 0.6) is 0 Å². The standard InChI is InChI=1S/C18H23F3N4O.ClH/c1-13(22-2)10-15-23-16(26-24-15)17(18(19,20)21)8-9-25(12-17)11-14-6-4-3-5-7-14;/h3-7,13,22H,8-12H2,1-2H3;1H. The van der Waals surface area contributed by atoms with E-state index >= 15 is 0 Å². The Morgan fingerprint density at radius 2 is 2.00 bits per heavy atom. The monoisotopic (exact) mass is 404 g/mol. The Kier molecular flexibility index (Phi) is 6.88. The van der Waals surface area contributed by atoms with E-state index in [0.29, 0.717) is 25.3 Å². The number of nitrogens with one attached hydrogen (secondary N) is 1. The molecule has 0 saturated carbocycles. The molecule has 27 heavy (non-hydrogen) atoms. The van der Waals surface area contributed by atoms with Crippen LogP contribution in [0.3, 0.4) is 0 Å². The molecule has 3 rings (SSSR count). The smallest absolute Gasteiger partial charge is 0.338 e. The molecule has 0 amide bonds. The van der Waals surface area contributed by atoms with Gasteiger partial charge in [0, 0.05) is 25.6 Å². The normalized spacial score (nSPS) is 21.8. The van der Waals surface area contributed by atoms with Crippen molar-refractivity contribution >= 4 is 12.4 Å². The van der Waals surface area contributed by atoms with E-state index in [4.69, 9.17) is 4.52 Å².